The molecule has 1 aliphatic rings. The molecule has 0 unspecified atom stereocenters. The van der Waals surface area contributed by atoms with Gasteiger partial charge in [-0.1, -0.05) is 39.0 Å². The zero-order valence-electron chi connectivity index (χ0n) is 29.3. The molecule has 2 aromatic rings. The molecule has 0 saturated carbocycles. The van der Waals surface area contributed by atoms with E-state index in [0.29, 0.717) is 6.61 Å². The molecule has 1 aromatic heterocycles. The molecule has 8 heteroatoms. The standard InChI is InChI=1S/C36H56N2O5Si/c1-14-24-41-36(11)20-22-38(23-21-36)31-29(27-16-18-28(19-17-27)43-44(12,13)35(8,9)10)25(3)37-26(4)30(31)32(33(39)40-15-2)42-34(5,6)7/h14,16-19,32H,1,15,20-24H2,2-13H3/t32-/m0/s1. The number of nitrogens with zero attached hydrogens (tertiary/aromatic N) is 2. The summed E-state index contributed by atoms with van der Waals surface area (Å²) in [4.78, 5) is 21.0. The molecular formula is C36H56N2O5Si. The molecule has 2 heterocycles. The van der Waals surface area contributed by atoms with E-state index < -0.39 is 26.0 Å². The Morgan fingerprint density at radius 1 is 1.07 bits per heavy atom. The van der Waals surface area contributed by atoms with Crippen LogP contribution < -0.4 is 9.33 Å². The topological polar surface area (TPSA) is 70.1 Å². The summed E-state index contributed by atoms with van der Waals surface area (Å²) in [6, 6.07) is 8.34. The number of anilines is 1. The fraction of sp³-hybridized carbons (Fsp3) is 0.611. The lowest BCUT2D eigenvalue weighted by Crippen LogP contribution is -2.45. The maximum atomic E-state index is 13.6. The molecule has 7 nitrogen and oxygen atoms in total. The molecule has 1 aliphatic heterocycles. The Hall–Kier alpha value is -2.68. The van der Waals surface area contributed by atoms with Crippen LogP contribution in [0.3, 0.4) is 0 Å². The van der Waals surface area contributed by atoms with Crippen molar-refractivity contribution < 1.29 is 23.4 Å². The van der Waals surface area contributed by atoms with Gasteiger partial charge in [-0.3, -0.25) is 4.98 Å². The van der Waals surface area contributed by atoms with E-state index in [4.69, 9.17) is 23.6 Å². The largest absolute Gasteiger partial charge is 0.544 e. The summed E-state index contributed by atoms with van der Waals surface area (Å²) >= 11 is 0. The molecule has 0 aliphatic carbocycles. The van der Waals surface area contributed by atoms with Gasteiger partial charge in [0.05, 0.1) is 30.1 Å². The summed E-state index contributed by atoms with van der Waals surface area (Å²) in [6.45, 7) is 31.3. The van der Waals surface area contributed by atoms with Crippen LogP contribution in [0, 0.1) is 13.8 Å². The summed E-state index contributed by atoms with van der Waals surface area (Å²) < 4.78 is 24.9. The molecule has 3 rings (SSSR count). The summed E-state index contributed by atoms with van der Waals surface area (Å²) in [5, 5.41) is 0.0958. The molecule has 1 fully saturated rings. The van der Waals surface area contributed by atoms with Gasteiger partial charge in [0.25, 0.3) is 0 Å². The molecule has 0 N–H and O–H groups in total. The van der Waals surface area contributed by atoms with Crippen molar-refractivity contribution in [2.45, 2.75) is 118 Å². The molecule has 0 amide bonds. The minimum Gasteiger partial charge on any atom is -0.544 e. The second kappa shape index (κ2) is 13.8. The number of piperidine rings is 1. The molecule has 1 saturated heterocycles. The van der Waals surface area contributed by atoms with Gasteiger partial charge in [-0.15, -0.1) is 6.58 Å². The first-order valence-corrected chi connectivity index (χ1v) is 18.9. The van der Waals surface area contributed by atoms with E-state index in [1.807, 2.05) is 41.5 Å². The highest BCUT2D eigenvalue weighted by Gasteiger charge is 2.40. The van der Waals surface area contributed by atoms with Gasteiger partial charge < -0.3 is 23.5 Å². The van der Waals surface area contributed by atoms with Crippen LogP contribution in [0.4, 0.5) is 5.69 Å². The minimum atomic E-state index is -2.00. The van der Waals surface area contributed by atoms with Crippen LogP contribution >= 0.6 is 0 Å². The number of ether oxygens (including phenoxy) is 3. The quantitative estimate of drug-likeness (QED) is 0.141. The van der Waals surface area contributed by atoms with Gasteiger partial charge in [-0.05, 0) is 97.1 Å². The predicted molar refractivity (Wildman–Crippen MR) is 183 cm³/mol. The van der Waals surface area contributed by atoms with Crippen molar-refractivity contribution in [3.05, 3.63) is 53.9 Å². The van der Waals surface area contributed by atoms with Gasteiger partial charge in [0.1, 0.15) is 5.75 Å². The van der Waals surface area contributed by atoms with Gasteiger partial charge in [0.15, 0.2) is 6.10 Å². The van der Waals surface area contributed by atoms with E-state index >= 15 is 0 Å². The summed E-state index contributed by atoms with van der Waals surface area (Å²) in [5.74, 6) is 0.464. The fourth-order valence-corrected chi connectivity index (χ4v) is 6.41. The average Bonchev–Trinajstić information content (AvgIpc) is 2.90. The first kappa shape index (κ1) is 35.8. The zero-order chi connectivity index (χ0) is 33.1. The molecule has 0 bridgehead atoms. The number of carbonyl (C=O) groups excluding carboxylic acids is 1. The van der Waals surface area contributed by atoms with Crippen LogP contribution in [-0.2, 0) is 19.0 Å². The Kier molecular flexibility index (Phi) is 11.2. The third-order valence-corrected chi connectivity index (χ3v) is 13.2. The first-order chi connectivity index (χ1) is 20.3. The van der Waals surface area contributed by atoms with Crippen molar-refractivity contribution in [1.82, 2.24) is 4.98 Å². The van der Waals surface area contributed by atoms with Crippen LogP contribution in [0.1, 0.15) is 91.3 Å². The van der Waals surface area contributed by atoms with Gasteiger partial charge in [0, 0.05) is 35.6 Å². The Morgan fingerprint density at radius 3 is 2.16 bits per heavy atom. The minimum absolute atomic E-state index is 0.0958. The fourth-order valence-electron chi connectivity index (χ4n) is 5.37. The molecule has 1 atom stereocenters. The SMILES string of the molecule is C=CCOC1(C)CCN(c2c(-c3ccc(O[Si](C)(C)C(C)(C)C)cc3)c(C)nc(C)c2[C@H](OC(C)(C)C)C(=O)OCC)CC1. The van der Waals surface area contributed by atoms with Crippen molar-refractivity contribution in [3.8, 4) is 16.9 Å². The van der Waals surface area contributed by atoms with E-state index in [9.17, 15) is 4.79 Å². The normalized spacial score (nSPS) is 16.4. The highest BCUT2D eigenvalue weighted by atomic mass is 28.4. The van der Waals surface area contributed by atoms with Crippen LogP contribution in [0.25, 0.3) is 11.1 Å². The number of carbonyl (C=O) groups is 1. The number of hydrogen-bond acceptors (Lipinski definition) is 7. The molecule has 0 spiro atoms. The summed E-state index contributed by atoms with van der Waals surface area (Å²) in [7, 11) is -2.00. The number of benzene rings is 1. The van der Waals surface area contributed by atoms with Gasteiger partial charge in [-0.25, -0.2) is 4.79 Å². The van der Waals surface area contributed by atoms with Crippen molar-refractivity contribution >= 4 is 20.0 Å². The van der Waals surface area contributed by atoms with Crippen LogP contribution in [-0.4, -0.2) is 56.8 Å². The zero-order valence-corrected chi connectivity index (χ0v) is 30.3. The predicted octanol–water partition coefficient (Wildman–Crippen LogP) is 8.73. The number of aromatic nitrogens is 1. The number of esters is 1. The second-order valence-corrected chi connectivity index (χ2v) is 19.4. The maximum absolute atomic E-state index is 13.6. The van der Waals surface area contributed by atoms with Gasteiger partial charge in [0.2, 0.25) is 8.32 Å². The van der Waals surface area contributed by atoms with Crippen molar-refractivity contribution in [2.75, 3.05) is 31.2 Å². The van der Waals surface area contributed by atoms with Gasteiger partial charge >= 0.3 is 5.97 Å². The number of rotatable bonds is 11. The Morgan fingerprint density at radius 2 is 1.66 bits per heavy atom. The monoisotopic (exact) mass is 624 g/mol. The van der Waals surface area contributed by atoms with E-state index in [2.05, 4.69) is 76.5 Å². The molecule has 0 radical (unpaired) electrons. The molecular weight excluding hydrogens is 568 g/mol. The summed E-state index contributed by atoms with van der Waals surface area (Å²) in [5.41, 5.74) is 4.57. The third-order valence-electron chi connectivity index (χ3n) is 8.82. The smallest absolute Gasteiger partial charge is 0.340 e. The lowest BCUT2D eigenvalue weighted by atomic mass is 9.89. The third kappa shape index (κ3) is 8.52. The summed E-state index contributed by atoms with van der Waals surface area (Å²) in [6.07, 6.45) is 2.55. The Balaban J connectivity index is 2.21. The van der Waals surface area contributed by atoms with Crippen LogP contribution in [0.15, 0.2) is 36.9 Å². The second-order valence-electron chi connectivity index (χ2n) is 14.7. The Labute approximate surface area is 267 Å². The van der Waals surface area contributed by atoms with E-state index in [1.54, 1.807) is 6.08 Å². The van der Waals surface area contributed by atoms with Gasteiger partial charge in [-0.2, -0.15) is 0 Å². The van der Waals surface area contributed by atoms with Crippen LogP contribution in [0.2, 0.25) is 18.1 Å². The molecule has 1 aromatic carbocycles. The Bertz CT molecular complexity index is 1300. The van der Waals surface area contributed by atoms with Crippen molar-refractivity contribution in [2.24, 2.45) is 0 Å². The number of hydrogen-bond donors (Lipinski definition) is 0. The number of pyridine rings is 1. The highest BCUT2D eigenvalue weighted by molar-refractivity contribution is 6.74. The van der Waals surface area contributed by atoms with Crippen molar-refractivity contribution in [1.29, 1.82) is 0 Å². The van der Waals surface area contributed by atoms with Crippen LogP contribution in [0.5, 0.6) is 5.75 Å². The van der Waals surface area contributed by atoms with E-state index in [-0.39, 0.29) is 17.2 Å². The lowest BCUT2D eigenvalue weighted by molar-refractivity contribution is -0.166. The molecule has 244 valence electrons. The maximum Gasteiger partial charge on any atom is 0.340 e. The molecule has 44 heavy (non-hydrogen) atoms. The van der Waals surface area contributed by atoms with E-state index in [1.165, 1.54) is 0 Å². The van der Waals surface area contributed by atoms with E-state index in [0.717, 1.165) is 65.4 Å². The highest BCUT2D eigenvalue weighted by Crippen LogP contribution is 2.45. The first-order valence-electron chi connectivity index (χ1n) is 16.0. The van der Waals surface area contributed by atoms with Crippen molar-refractivity contribution in [3.63, 3.8) is 0 Å². The average molecular weight is 625 g/mol. The number of aryl methyl sites for hydroxylation is 2. The lowest BCUT2D eigenvalue weighted by Gasteiger charge is -2.42.